The molecule has 1 unspecified atom stereocenters. The highest BCUT2D eigenvalue weighted by Crippen LogP contribution is 2.31. The fourth-order valence-electron chi connectivity index (χ4n) is 2.85. The number of rotatable bonds is 4. The molecule has 0 spiro atoms. The van der Waals surface area contributed by atoms with Gasteiger partial charge in [0.25, 0.3) is 0 Å². The van der Waals surface area contributed by atoms with Gasteiger partial charge in [-0.25, -0.2) is 4.98 Å². The molecule has 0 aliphatic carbocycles. The maximum absolute atomic E-state index is 13.2. The third-order valence-electron chi connectivity index (χ3n) is 3.97. The molecule has 6 heteroatoms. The van der Waals surface area contributed by atoms with E-state index in [9.17, 15) is 4.39 Å². The minimum atomic E-state index is -0.427. The van der Waals surface area contributed by atoms with E-state index in [-0.39, 0.29) is 6.04 Å². The Morgan fingerprint density at radius 2 is 2.09 bits per heavy atom. The number of anilines is 1. The molecule has 22 heavy (non-hydrogen) atoms. The lowest BCUT2D eigenvalue weighted by molar-refractivity contribution is 0.239. The quantitative estimate of drug-likeness (QED) is 0.812. The van der Waals surface area contributed by atoms with E-state index in [4.69, 9.17) is 0 Å². The van der Waals surface area contributed by atoms with E-state index < -0.39 is 5.95 Å². The van der Waals surface area contributed by atoms with Gasteiger partial charge in [-0.05, 0) is 43.7 Å². The Morgan fingerprint density at radius 3 is 2.77 bits per heavy atom. The monoisotopic (exact) mass is 301 g/mol. The highest BCUT2D eigenvalue weighted by molar-refractivity contribution is 5.35. The Balaban J connectivity index is 1.75. The first kappa shape index (κ1) is 14.8. The summed E-state index contributed by atoms with van der Waals surface area (Å²) >= 11 is 0. The van der Waals surface area contributed by atoms with Crippen LogP contribution in [0.5, 0.6) is 0 Å². The molecule has 2 aromatic heterocycles. The Hall–Kier alpha value is -2.08. The lowest BCUT2D eigenvalue weighted by atomic mass is 10.1. The Morgan fingerprint density at radius 1 is 1.23 bits per heavy atom. The van der Waals surface area contributed by atoms with Crippen LogP contribution in [0.25, 0.3) is 0 Å². The summed E-state index contributed by atoms with van der Waals surface area (Å²) in [5.41, 5.74) is 1.73. The van der Waals surface area contributed by atoms with Crippen molar-refractivity contribution in [3.8, 4) is 0 Å². The van der Waals surface area contributed by atoms with Gasteiger partial charge in [0, 0.05) is 20.6 Å². The predicted octanol–water partition coefficient (Wildman–Crippen LogP) is 2.41. The summed E-state index contributed by atoms with van der Waals surface area (Å²) in [5, 5.41) is 8.62. The summed E-state index contributed by atoms with van der Waals surface area (Å²) in [7, 11) is 3.89. The second-order valence-electron chi connectivity index (χ2n) is 5.79. The smallest absolute Gasteiger partial charge is 0.213 e. The molecule has 2 aromatic rings. The zero-order valence-corrected chi connectivity index (χ0v) is 12.9. The molecular weight excluding hydrogens is 281 g/mol. The Kier molecular flexibility index (Phi) is 4.29. The van der Waals surface area contributed by atoms with E-state index >= 15 is 0 Å². The lowest BCUT2D eigenvalue weighted by Crippen LogP contribution is -2.24. The molecule has 0 N–H and O–H groups in total. The van der Waals surface area contributed by atoms with Gasteiger partial charge < -0.3 is 4.90 Å². The van der Waals surface area contributed by atoms with E-state index in [1.165, 1.54) is 6.07 Å². The summed E-state index contributed by atoms with van der Waals surface area (Å²) in [4.78, 5) is 8.17. The fourth-order valence-corrected chi connectivity index (χ4v) is 2.85. The van der Waals surface area contributed by atoms with Gasteiger partial charge in [0.05, 0.1) is 17.4 Å². The summed E-state index contributed by atoms with van der Waals surface area (Å²) in [6.45, 7) is 1.61. The lowest BCUT2D eigenvalue weighted by Gasteiger charge is -2.23. The van der Waals surface area contributed by atoms with Gasteiger partial charge in [0.1, 0.15) is 0 Å². The topological polar surface area (TPSA) is 45.2 Å². The molecule has 1 atom stereocenters. The van der Waals surface area contributed by atoms with Crippen molar-refractivity contribution < 1.29 is 4.39 Å². The van der Waals surface area contributed by atoms with Crippen LogP contribution in [0.4, 0.5) is 10.2 Å². The van der Waals surface area contributed by atoms with Crippen LogP contribution in [0.2, 0.25) is 0 Å². The van der Waals surface area contributed by atoms with Crippen molar-refractivity contribution in [2.75, 3.05) is 25.5 Å². The number of hydrogen-bond donors (Lipinski definition) is 0. The molecule has 1 aliphatic heterocycles. The average molecular weight is 301 g/mol. The van der Waals surface area contributed by atoms with E-state index in [1.54, 1.807) is 6.07 Å². The number of nitrogens with zero attached hydrogens (tertiary/aromatic N) is 5. The van der Waals surface area contributed by atoms with Gasteiger partial charge in [0.15, 0.2) is 5.82 Å². The van der Waals surface area contributed by atoms with E-state index in [0.717, 1.165) is 36.6 Å². The first-order valence-electron chi connectivity index (χ1n) is 7.50. The fraction of sp³-hybridized carbons (Fsp3) is 0.438. The van der Waals surface area contributed by atoms with Crippen molar-refractivity contribution in [3.05, 3.63) is 47.7 Å². The minimum Gasteiger partial charge on any atom is -0.361 e. The number of pyridine rings is 1. The van der Waals surface area contributed by atoms with Crippen LogP contribution in [-0.4, -0.2) is 40.7 Å². The second-order valence-corrected chi connectivity index (χ2v) is 5.79. The minimum absolute atomic E-state index is 0.230. The largest absolute Gasteiger partial charge is 0.361 e. The first-order chi connectivity index (χ1) is 10.6. The zero-order valence-electron chi connectivity index (χ0n) is 12.9. The maximum atomic E-state index is 13.2. The van der Waals surface area contributed by atoms with Crippen molar-refractivity contribution in [1.82, 2.24) is 20.1 Å². The SMILES string of the molecule is CN(C)c1ccc(C2CCCN2Cc2cccc(F)n2)nn1. The van der Waals surface area contributed by atoms with Gasteiger partial charge in [-0.15, -0.1) is 5.10 Å². The molecular formula is C16H20FN5. The van der Waals surface area contributed by atoms with Crippen molar-refractivity contribution >= 4 is 5.82 Å². The molecule has 0 bridgehead atoms. The van der Waals surface area contributed by atoms with Gasteiger partial charge in [-0.1, -0.05) is 6.07 Å². The Bertz CT molecular complexity index is 629. The number of halogens is 1. The summed E-state index contributed by atoms with van der Waals surface area (Å²) in [5.74, 6) is 0.420. The molecule has 0 amide bonds. The van der Waals surface area contributed by atoms with Crippen molar-refractivity contribution in [1.29, 1.82) is 0 Å². The van der Waals surface area contributed by atoms with Gasteiger partial charge in [-0.2, -0.15) is 9.49 Å². The predicted molar refractivity (Wildman–Crippen MR) is 82.9 cm³/mol. The summed E-state index contributed by atoms with van der Waals surface area (Å²) < 4.78 is 13.2. The van der Waals surface area contributed by atoms with Crippen molar-refractivity contribution in [2.24, 2.45) is 0 Å². The van der Waals surface area contributed by atoms with Crippen LogP contribution in [-0.2, 0) is 6.54 Å². The van der Waals surface area contributed by atoms with Gasteiger partial charge in [0.2, 0.25) is 5.95 Å². The number of aromatic nitrogens is 3. The molecule has 5 nitrogen and oxygen atoms in total. The van der Waals surface area contributed by atoms with Crippen LogP contribution in [0.1, 0.15) is 30.3 Å². The standard InChI is InChI=1S/C16H20FN5/c1-21(2)16-9-8-13(19-20-16)14-6-4-10-22(14)11-12-5-3-7-15(17)18-12/h3,5,7-9,14H,4,6,10-11H2,1-2H3. The highest BCUT2D eigenvalue weighted by atomic mass is 19.1. The number of hydrogen-bond acceptors (Lipinski definition) is 5. The molecule has 3 rings (SSSR count). The molecule has 1 fully saturated rings. The molecule has 0 aromatic carbocycles. The molecule has 116 valence electrons. The zero-order chi connectivity index (χ0) is 15.5. The average Bonchev–Trinajstić information content (AvgIpc) is 2.95. The maximum Gasteiger partial charge on any atom is 0.213 e. The van der Waals surface area contributed by atoms with E-state index in [1.807, 2.05) is 37.2 Å². The third-order valence-corrected chi connectivity index (χ3v) is 3.97. The number of likely N-dealkylation sites (tertiary alicyclic amines) is 1. The summed E-state index contributed by atoms with van der Waals surface area (Å²) in [6, 6.07) is 9.18. The molecule has 3 heterocycles. The molecule has 1 aliphatic rings. The summed E-state index contributed by atoms with van der Waals surface area (Å²) in [6.07, 6.45) is 2.16. The molecule has 0 saturated carbocycles. The Labute approximate surface area is 129 Å². The van der Waals surface area contributed by atoms with Crippen molar-refractivity contribution in [3.63, 3.8) is 0 Å². The van der Waals surface area contributed by atoms with Crippen LogP contribution >= 0.6 is 0 Å². The first-order valence-corrected chi connectivity index (χ1v) is 7.50. The molecule has 0 radical (unpaired) electrons. The second kappa shape index (κ2) is 6.36. The van der Waals surface area contributed by atoms with Crippen LogP contribution in [0.15, 0.2) is 30.3 Å². The van der Waals surface area contributed by atoms with Gasteiger partial charge in [-0.3, -0.25) is 4.90 Å². The van der Waals surface area contributed by atoms with Crippen molar-refractivity contribution in [2.45, 2.75) is 25.4 Å². The van der Waals surface area contributed by atoms with E-state index in [2.05, 4.69) is 20.1 Å². The molecule has 1 saturated heterocycles. The van der Waals surface area contributed by atoms with Crippen LogP contribution < -0.4 is 4.90 Å². The normalized spacial score (nSPS) is 18.6. The highest BCUT2D eigenvalue weighted by Gasteiger charge is 2.27. The van der Waals surface area contributed by atoms with Gasteiger partial charge >= 0.3 is 0 Å². The van der Waals surface area contributed by atoms with E-state index in [0.29, 0.717) is 6.54 Å². The van der Waals surface area contributed by atoms with Crippen LogP contribution in [0, 0.1) is 5.95 Å². The van der Waals surface area contributed by atoms with Crippen LogP contribution in [0.3, 0.4) is 0 Å². The third kappa shape index (κ3) is 3.22.